The van der Waals surface area contributed by atoms with Gasteiger partial charge in [-0.15, -0.1) is 0 Å². The molecule has 5 nitrogen and oxygen atoms in total. The second-order valence-electron chi connectivity index (χ2n) is 5.28. The van der Waals surface area contributed by atoms with Crippen LogP contribution in [0.3, 0.4) is 0 Å². The van der Waals surface area contributed by atoms with Gasteiger partial charge in [-0.1, -0.05) is 29.8 Å². The number of carbonyl (C=O) groups is 1. The number of carbonyl (C=O) groups excluding carboxylic acids is 1. The van der Waals surface area contributed by atoms with E-state index >= 15 is 0 Å². The SMILES string of the molecule is CNC(=O)Cn1c(-c2cccc(C)c2)nc2c(N)cccc21. The van der Waals surface area contributed by atoms with Crippen LogP contribution in [-0.2, 0) is 11.3 Å². The molecule has 0 radical (unpaired) electrons. The monoisotopic (exact) mass is 294 g/mol. The lowest BCUT2D eigenvalue weighted by Crippen LogP contribution is -2.23. The fourth-order valence-corrected chi connectivity index (χ4v) is 2.56. The molecule has 2 aromatic carbocycles. The molecule has 0 aliphatic rings. The zero-order chi connectivity index (χ0) is 15.7. The lowest BCUT2D eigenvalue weighted by atomic mass is 10.1. The van der Waals surface area contributed by atoms with Gasteiger partial charge in [0.1, 0.15) is 17.9 Å². The molecule has 0 bridgehead atoms. The Labute approximate surface area is 128 Å². The maximum absolute atomic E-state index is 11.9. The van der Waals surface area contributed by atoms with Gasteiger partial charge in [-0.2, -0.15) is 0 Å². The molecular weight excluding hydrogens is 276 g/mol. The molecule has 3 N–H and O–H groups in total. The highest BCUT2D eigenvalue weighted by molar-refractivity contribution is 5.91. The van der Waals surface area contributed by atoms with Gasteiger partial charge in [0.15, 0.2) is 0 Å². The Balaban J connectivity index is 2.26. The van der Waals surface area contributed by atoms with Crippen molar-refractivity contribution in [3.8, 4) is 11.4 Å². The number of aryl methyl sites for hydroxylation is 1. The van der Waals surface area contributed by atoms with Crippen molar-refractivity contribution in [3.63, 3.8) is 0 Å². The molecule has 0 saturated heterocycles. The molecule has 3 aromatic rings. The van der Waals surface area contributed by atoms with E-state index in [9.17, 15) is 4.79 Å². The fourth-order valence-electron chi connectivity index (χ4n) is 2.56. The van der Waals surface area contributed by atoms with Crippen LogP contribution < -0.4 is 11.1 Å². The van der Waals surface area contributed by atoms with Gasteiger partial charge in [0.05, 0.1) is 11.2 Å². The van der Waals surface area contributed by atoms with Gasteiger partial charge in [0.2, 0.25) is 5.91 Å². The number of hydrogen-bond donors (Lipinski definition) is 2. The van der Waals surface area contributed by atoms with Gasteiger partial charge in [-0.3, -0.25) is 4.79 Å². The van der Waals surface area contributed by atoms with Crippen molar-refractivity contribution < 1.29 is 4.79 Å². The zero-order valence-corrected chi connectivity index (χ0v) is 12.6. The minimum atomic E-state index is -0.0735. The number of rotatable bonds is 3. The normalized spacial score (nSPS) is 10.8. The number of fused-ring (bicyclic) bond motifs is 1. The Hall–Kier alpha value is -2.82. The highest BCUT2D eigenvalue weighted by Crippen LogP contribution is 2.28. The van der Waals surface area contributed by atoms with Gasteiger partial charge < -0.3 is 15.6 Å². The molecule has 5 heteroatoms. The Morgan fingerprint density at radius 2 is 2.05 bits per heavy atom. The molecular formula is C17H18N4O. The molecule has 0 saturated carbocycles. The number of anilines is 1. The average molecular weight is 294 g/mol. The van der Waals surface area contributed by atoms with Gasteiger partial charge in [-0.25, -0.2) is 4.98 Å². The Kier molecular flexibility index (Phi) is 3.55. The molecule has 0 aliphatic heterocycles. The number of nitrogens with one attached hydrogen (secondary N) is 1. The molecule has 0 spiro atoms. The Bertz CT molecular complexity index is 851. The number of nitrogen functional groups attached to an aromatic ring is 1. The minimum Gasteiger partial charge on any atom is -0.397 e. The third-order valence-electron chi connectivity index (χ3n) is 3.67. The highest BCUT2D eigenvalue weighted by Gasteiger charge is 2.16. The van der Waals surface area contributed by atoms with Crippen molar-refractivity contribution in [3.05, 3.63) is 48.0 Å². The lowest BCUT2D eigenvalue weighted by Gasteiger charge is -2.09. The summed E-state index contributed by atoms with van der Waals surface area (Å²) >= 11 is 0. The molecule has 0 aliphatic carbocycles. The average Bonchev–Trinajstić information content (AvgIpc) is 2.87. The predicted molar refractivity (Wildman–Crippen MR) is 88.4 cm³/mol. The molecule has 1 heterocycles. The summed E-state index contributed by atoms with van der Waals surface area (Å²) in [7, 11) is 1.63. The molecule has 0 fully saturated rings. The predicted octanol–water partition coefficient (Wildman–Crippen LogP) is 2.34. The topological polar surface area (TPSA) is 72.9 Å². The van der Waals surface area contributed by atoms with Crippen LogP contribution in [0.25, 0.3) is 22.4 Å². The fraction of sp³-hybridized carbons (Fsp3) is 0.176. The highest BCUT2D eigenvalue weighted by atomic mass is 16.1. The molecule has 0 atom stereocenters. The van der Waals surface area contributed by atoms with Crippen molar-refractivity contribution in [2.75, 3.05) is 12.8 Å². The van der Waals surface area contributed by atoms with Crippen LogP contribution in [0.1, 0.15) is 5.56 Å². The molecule has 1 aromatic heterocycles. The summed E-state index contributed by atoms with van der Waals surface area (Å²) in [6.07, 6.45) is 0. The maximum Gasteiger partial charge on any atom is 0.239 e. The van der Waals surface area contributed by atoms with E-state index in [1.54, 1.807) is 7.05 Å². The quantitative estimate of drug-likeness (QED) is 0.728. The standard InChI is InChI=1S/C17H18N4O/c1-11-5-3-6-12(9-11)17-20-16-13(18)7-4-8-14(16)21(17)10-15(22)19-2/h3-9H,10,18H2,1-2H3,(H,19,22). The van der Waals surface area contributed by atoms with E-state index in [1.165, 1.54) is 0 Å². The van der Waals surface area contributed by atoms with Crippen LogP contribution in [0, 0.1) is 6.92 Å². The van der Waals surface area contributed by atoms with Crippen molar-refractivity contribution in [1.29, 1.82) is 0 Å². The van der Waals surface area contributed by atoms with Gasteiger partial charge >= 0.3 is 0 Å². The van der Waals surface area contributed by atoms with Crippen LogP contribution in [-0.4, -0.2) is 22.5 Å². The third-order valence-corrected chi connectivity index (χ3v) is 3.67. The van der Waals surface area contributed by atoms with Crippen molar-refractivity contribution in [1.82, 2.24) is 14.9 Å². The van der Waals surface area contributed by atoms with E-state index in [4.69, 9.17) is 5.73 Å². The number of imidazole rings is 1. The number of nitrogens with two attached hydrogens (primary N) is 1. The minimum absolute atomic E-state index is 0.0735. The molecule has 112 valence electrons. The second kappa shape index (κ2) is 5.52. The number of likely N-dealkylation sites (N-methyl/N-ethyl adjacent to an activating group) is 1. The summed E-state index contributed by atoms with van der Waals surface area (Å²) in [4.78, 5) is 16.5. The van der Waals surface area contributed by atoms with Crippen LogP contribution in [0.15, 0.2) is 42.5 Å². The lowest BCUT2D eigenvalue weighted by molar-refractivity contribution is -0.121. The number of nitrogens with zero attached hydrogens (tertiary/aromatic N) is 2. The van der Waals surface area contributed by atoms with Gasteiger partial charge in [-0.05, 0) is 25.1 Å². The number of hydrogen-bond acceptors (Lipinski definition) is 3. The van der Waals surface area contributed by atoms with Crippen LogP contribution >= 0.6 is 0 Å². The van der Waals surface area contributed by atoms with E-state index in [0.717, 1.165) is 28.0 Å². The molecule has 0 unspecified atom stereocenters. The van der Waals surface area contributed by atoms with E-state index in [0.29, 0.717) is 5.69 Å². The van der Waals surface area contributed by atoms with Gasteiger partial charge in [0, 0.05) is 12.6 Å². The van der Waals surface area contributed by atoms with Crippen LogP contribution in [0.4, 0.5) is 5.69 Å². The largest absolute Gasteiger partial charge is 0.397 e. The van der Waals surface area contributed by atoms with E-state index in [2.05, 4.69) is 16.4 Å². The summed E-state index contributed by atoms with van der Waals surface area (Å²) in [5.74, 6) is 0.677. The first kappa shape index (κ1) is 14.1. The zero-order valence-electron chi connectivity index (χ0n) is 12.6. The second-order valence-corrected chi connectivity index (χ2v) is 5.28. The molecule has 3 rings (SSSR count). The molecule has 22 heavy (non-hydrogen) atoms. The Morgan fingerprint density at radius 3 is 2.77 bits per heavy atom. The van der Waals surface area contributed by atoms with Crippen LogP contribution in [0.5, 0.6) is 0 Å². The van der Waals surface area contributed by atoms with Gasteiger partial charge in [0.25, 0.3) is 0 Å². The summed E-state index contributed by atoms with van der Waals surface area (Å²) in [5, 5.41) is 2.65. The summed E-state index contributed by atoms with van der Waals surface area (Å²) in [6.45, 7) is 2.24. The summed E-state index contributed by atoms with van der Waals surface area (Å²) < 4.78 is 1.90. The van der Waals surface area contributed by atoms with E-state index in [-0.39, 0.29) is 12.5 Å². The van der Waals surface area contributed by atoms with Crippen molar-refractivity contribution in [2.45, 2.75) is 13.5 Å². The summed E-state index contributed by atoms with van der Waals surface area (Å²) in [6, 6.07) is 13.7. The third kappa shape index (κ3) is 2.41. The first-order valence-electron chi connectivity index (χ1n) is 7.12. The van der Waals surface area contributed by atoms with E-state index < -0.39 is 0 Å². The number of amides is 1. The first-order valence-corrected chi connectivity index (χ1v) is 7.12. The smallest absolute Gasteiger partial charge is 0.239 e. The number of benzene rings is 2. The summed E-state index contributed by atoms with van der Waals surface area (Å²) in [5.41, 5.74) is 10.3. The Morgan fingerprint density at radius 1 is 1.27 bits per heavy atom. The van der Waals surface area contributed by atoms with Crippen molar-refractivity contribution >= 4 is 22.6 Å². The number of para-hydroxylation sites is 1. The van der Waals surface area contributed by atoms with E-state index in [1.807, 2.05) is 47.9 Å². The molecule has 1 amide bonds. The maximum atomic E-state index is 11.9. The number of aromatic nitrogens is 2. The van der Waals surface area contributed by atoms with Crippen LogP contribution in [0.2, 0.25) is 0 Å². The van der Waals surface area contributed by atoms with Crippen molar-refractivity contribution in [2.24, 2.45) is 0 Å². The first-order chi connectivity index (χ1) is 10.6.